The Hall–Kier alpha value is -1.47. The number of carbonyl (C=O) groups excluding carboxylic acids is 1. The van der Waals surface area contributed by atoms with Crippen molar-refractivity contribution in [2.24, 2.45) is 0 Å². The number of hydrogen-bond donors (Lipinski definition) is 1. The predicted octanol–water partition coefficient (Wildman–Crippen LogP) is 1.93. The smallest absolute Gasteiger partial charge is 0.352 e. The number of aliphatic hydroxyl groups is 1. The maximum absolute atomic E-state index is 14.2. The zero-order valence-corrected chi connectivity index (χ0v) is 13.3. The van der Waals surface area contributed by atoms with Gasteiger partial charge in [-0.2, -0.15) is 8.78 Å². The molecule has 1 aliphatic heterocycles. The topological polar surface area (TPSA) is 56.7 Å². The van der Waals surface area contributed by atoms with E-state index in [0.717, 1.165) is 4.90 Å². The quantitative estimate of drug-likeness (QED) is 0.909. The minimum absolute atomic E-state index is 0.0274. The Morgan fingerprint density at radius 1 is 1.26 bits per heavy atom. The fourth-order valence-corrected chi connectivity index (χ4v) is 3.03. The molecule has 5 nitrogen and oxygen atoms in total. The summed E-state index contributed by atoms with van der Waals surface area (Å²) in [6.07, 6.45) is 1.99. The summed E-state index contributed by atoms with van der Waals surface area (Å²) in [5.74, 6) is -4.29. The van der Waals surface area contributed by atoms with Crippen LogP contribution in [0.2, 0.25) is 5.02 Å². The van der Waals surface area contributed by atoms with Crippen molar-refractivity contribution in [1.82, 2.24) is 9.88 Å². The van der Waals surface area contributed by atoms with Crippen molar-refractivity contribution in [1.29, 1.82) is 0 Å². The van der Waals surface area contributed by atoms with E-state index < -0.39 is 17.4 Å². The molecular weight excluding hydrogens is 328 g/mol. The summed E-state index contributed by atoms with van der Waals surface area (Å²) < 4.78 is 28.4. The second-order valence-electron chi connectivity index (χ2n) is 6.07. The van der Waals surface area contributed by atoms with Gasteiger partial charge >= 0.3 is 5.92 Å². The minimum Gasteiger partial charge on any atom is -0.383 e. The summed E-state index contributed by atoms with van der Waals surface area (Å²) in [6, 6.07) is 3.47. The maximum Gasteiger partial charge on any atom is 0.352 e. The summed E-state index contributed by atoms with van der Waals surface area (Å²) in [5.41, 5.74) is -2.17. The second kappa shape index (κ2) is 5.87. The second-order valence-corrected chi connectivity index (χ2v) is 6.51. The number of nitrogens with zero attached hydrogens (tertiary/aromatic N) is 3. The van der Waals surface area contributed by atoms with Crippen molar-refractivity contribution < 1.29 is 18.7 Å². The van der Waals surface area contributed by atoms with E-state index in [1.165, 1.54) is 6.20 Å². The molecule has 1 N–H and O–H groups in total. The molecule has 3 rings (SSSR count). The van der Waals surface area contributed by atoms with Gasteiger partial charge in [0.05, 0.1) is 5.02 Å². The van der Waals surface area contributed by atoms with Crippen molar-refractivity contribution in [3.8, 4) is 0 Å². The number of amides is 1. The maximum atomic E-state index is 14.2. The van der Waals surface area contributed by atoms with Gasteiger partial charge in [0.15, 0.2) is 0 Å². The third kappa shape index (κ3) is 2.87. The first-order valence-electron chi connectivity index (χ1n) is 7.60. The molecule has 1 aromatic rings. The van der Waals surface area contributed by atoms with E-state index in [4.69, 9.17) is 11.6 Å². The molecule has 1 saturated carbocycles. The molecule has 0 aromatic carbocycles. The van der Waals surface area contributed by atoms with Gasteiger partial charge in [-0.25, -0.2) is 4.98 Å². The van der Waals surface area contributed by atoms with Crippen LogP contribution >= 0.6 is 11.6 Å². The van der Waals surface area contributed by atoms with E-state index >= 15 is 0 Å². The third-order valence-corrected chi connectivity index (χ3v) is 4.86. The molecular formula is C15H18ClF2N3O2. The number of piperazine rings is 1. The van der Waals surface area contributed by atoms with Crippen LogP contribution in [-0.2, 0) is 4.79 Å². The highest BCUT2D eigenvalue weighted by Gasteiger charge is 2.62. The average Bonchev–Trinajstić information content (AvgIpc) is 2.52. The first kappa shape index (κ1) is 16.4. The summed E-state index contributed by atoms with van der Waals surface area (Å²) in [7, 11) is 0. The van der Waals surface area contributed by atoms with Gasteiger partial charge in [0.1, 0.15) is 11.4 Å². The summed E-state index contributed by atoms with van der Waals surface area (Å²) in [5, 5.41) is 10.4. The number of anilines is 1. The molecule has 8 heteroatoms. The molecule has 2 aliphatic rings. The van der Waals surface area contributed by atoms with Crippen molar-refractivity contribution in [2.45, 2.75) is 30.8 Å². The highest BCUT2D eigenvalue weighted by atomic mass is 35.5. The molecule has 0 radical (unpaired) electrons. The zero-order valence-electron chi connectivity index (χ0n) is 12.5. The number of pyridine rings is 1. The Labute approximate surface area is 137 Å². The largest absolute Gasteiger partial charge is 0.383 e. The molecule has 2 heterocycles. The Balaban J connectivity index is 1.62. The molecule has 126 valence electrons. The van der Waals surface area contributed by atoms with Crippen molar-refractivity contribution >= 4 is 23.3 Å². The molecule has 0 atom stereocenters. The summed E-state index contributed by atoms with van der Waals surface area (Å²) in [6.45, 7) is 1.17. The van der Waals surface area contributed by atoms with Gasteiger partial charge in [-0.3, -0.25) is 4.79 Å². The Morgan fingerprint density at radius 3 is 2.39 bits per heavy atom. The van der Waals surface area contributed by atoms with Gasteiger partial charge in [0.2, 0.25) is 0 Å². The van der Waals surface area contributed by atoms with E-state index in [1.54, 1.807) is 12.1 Å². The molecule has 1 saturated heterocycles. The fraction of sp³-hybridized carbons (Fsp3) is 0.600. The number of aromatic nitrogens is 1. The number of alkyl halides is 2. The standard InChI is InChI=1S/C15H18ClF2N3O2/c16-11-2-3-12(19-10-11)20-6-8-21(9-7-20)13(22)15(17,18)14(23)4-1-5-14/h2-3,10,23H,1,4-9H2. The molecule has 1 amide bonds. The van der Waals surface area contributed by atoms with Crippen molar-refractivity contribution in [3.05, 3.63) is 23.4 Å². The van der Waals surface area contributed by atoms with Crippen LogP contribution in [-0.4, -0.2) is 58.6 Å². The molecule has 23 heavy (non-hydrogen) atoms. The Bertz CT molecular complexity index is 585. The lowest BCUT2D eigenvalue weighted by atomic mass is 9.75. The summed E-state index contributed by atoms with van der Waals surface area (Å²) in [4.78, 5) is 19.3. The highest BCUT2D eigenvalue weighted by molar-refractivity contribution is 6.30. The molecule has 2 fully saturated rings. The highest BCUT2D eigenvalue weighted by Crippen LogP contribution is 2.45. The molecule has 1 aromatic heterocycles. The van der Waals surface area contributed by atoms with Crippen LogP contribution in [0.5, 0.6) is 0 Å². The predicted molar refractivity (Wildman–Crippen MR) is 81.8 cm³/mol. The van der Waals surface area contributed by atoms with E-state index in [-0.39, 0.29) is 25.9 Å². The van der Waals surface area contributed by atoms with E-state index in [2.05, 4.69) is 4.98 Å². The number of hydrogen-bond acceptors (Lipinski definition) is 4. The molecule has 0 spiro atoms. The van der Waals surface area contributed by atoms with Gasteiger partial charge < -0.3 is 14.9 Å². The van der Waals surface area contributed by atoms with Crippen LogP contribution in [0.3, 0.4) is 0 Å². The minimum atomic E-state index is -3.72. The van der Waals surface area contributed by atoms with Gasteiger partial charge in [-0.15, -0.1) is 0 Å². The lowest BCUT2D eigenvalue weighted by Crippen LogP contribution is -2.63. The summed E-state index contributed by atoms with van der Waals surface area (Å²) >= 11 is 5.79. The van der Waals surface area contributed by atoms with Crippen LogP contribution < -0.4 is 4.90 Å². The first-order valence-corrected chi connectivity index (χ1v) is 7.97. The van der Waals surface area contributed by atoms with Crippen molar-refractivity contribution in [2.75, 3.05) is 31.1 Å². The van der Waals surface area contributed by atoms with Crippen molar-refractivity contribution in [3.63, 3.8) is 0 Å². The lowest BCUT2D eigenvalue weighted by molar-refractivity contribution is -0.223. The monoisotopic (exact) mass is 345 g/mol. The Kier molecular flexibility index (Phi) is 4.18. The number of rotatable bonds is 3. The number of carbonyl (C=O) groups is 1. The van der Waals surface area contributed by atoms with Crippen LogP contribution in [0, 0.1) is 0 Å². The van der Waals surface area contributed by atoms with Crippen LogP contribution in [0.4, 0.5) is 14.6 Å². The van der Waals surface area contributed by atoms with E-state index in [0.29, 0.717) is 30.4 Å². The van der Waals surface area contributed by atoms with Crippen LogP contribution in [0.15, 0.2) is 18.3 Å². The zero-order chi connectivity index (χ0) is 16.7. The fourth-order valence-electron chi connectivity index (χ4n) is 2.92. The van der Waals surface area contributed by atoms with E-state index in [1.807, 2.05) is 4.90 Å². The molecule has 0 bridgehead atoms. The number of halogens is 3. The normalized spacial score (nSPS) is 21.0. The Morgan fingerprint density at radius 2 is 1.91 bits per heavy atom. The molecule has 0 unspecified atom stereocenters. The third-order valence-electron chi connectivity index (χ3n) is 4.64. The van der Waals surface area contributed by atoms with Gasteiger partial charge in [0, 0.05) is 32.4 Å². The van der Waals surface area contributed by atoms with Gasteiger partial charge in [-0.1, -0.05) is 11.6 Å². The SMILES string of the molecule is O=C(N1CCN(c2ccc(Cl)cn2)CC1)C(F)(F)C1(O)CCC1. The van der Waals surface area contributed by atoms with Crippen LogP contribution in [0.25, 0.3) is 0 Å². The van der Waals surface area contributed by atoms with Crippen LogP contribution in [0.1, 0.15) is 19.3 Å². The lowest BCUT2D eigenvalue weighted by Gasteiger charge is -2.44. The average molecular weight is 346 g/mol. The van der Waals surface area contributed by atoms with Gasteiger partial charge in [0.25, 0.3) is 5.91 Å². The van der Waals surface area contributed by atoms with E-state index in [9.17, 15) is 18.7 Å². The molecule has 1 aliphatic carbocycles. The van der Waals surface area contributed by atoms with Gasteiger partial charge in [-0.05, 0) is 31.4 Å². The first-order chi connectivity index (χ1) is 10.8.